The molecule has 0 unspecified atom stereocenters. The van der Waals surface area contributed by atoms with Gasteiger partial charge >= 0.3 is 0 Å². The molecule has 2 aromatic heterocycles. The van der Waals surface area contributed by atoms with Gasteiger partial charge in [0, 0.05) is 18.1 Å². The zero-order valence-corrected chi connectivity index (χ0v) is 11.7. The van der Waals surface area contributed by atoms with E-state index in [4.69, 9.17) is 0 Å². The molecule has 1 N–H and O–H groups in total. The van der Waals surface area contributed by atoms with Crippen LogP contribution in [-0.2, 0) is 6.42 Å². The fourth-order valence-corrected chi connectivity index (χ4v) is 2.25. The second-order valence-electron chi connectivity index (χ2n) is 5.29. The molecule has 0 aliphatic carbocycles. The highest BCUT2D eigenvalue weighted by atomic mass is 15.2. The second kappa shape index (κ2) is 5.33. The Balaban J connectivity index is 2.06. The van der Waals surface area contributed by atoms with Gasteiger partial charge in [-0.05, 0) is 30.5 Å². The van der Waals surface area contributed by atoms with E-state index in [1.54, 1.807) is 6.20 Å². The van der Waals surface area contributed by atoms with Gasteiger partial charge in [0.2, 0.25) is 5.78 Å². The number of hydrogen-bond acceptors (Lipinski definition) is 3. The van der Waals surface area contributed by atoms with Crippen LogP contribution in [0.1, 0.15) is 19.5 Å². The predicted molar refractivity (Wildman–Crippen MR) is 81.3 cm³/mol. The van der Waals surface area contributed by atoms with E-state index in [9.17, 15) is 0 Å². The Labute approximate surface area is 118 Å². The SMILES string of the molecule is CC(C)Cc1nc2ncccn2c1Nc1ccccc1. The van der Waals surface area contributed by atoms with Crippen molar-refractivity contribution in [2.75, 3.05) is 5.32 Å². The lowest BCUT2D eigenvalue weighted by Crippen LogP contribution is -2.01. The van der Waals surface area contributed by atoms with Crippen molar-refractivity contribution in [2.45, 2.75) is 20.3 Å². The second-order valence-corrected chi connectivity index (χ2v) is 5.29. The van der Waals surface area contributed by atoms with E-state index in [0.717, 1.165) is 29.4 Å². The zero-order chi connectivity index (χ0) is 13.9. The lowest BCUT2D eigenvalue weighted by atomic mass is 10.1. The Morgan fingerprint density at radius 3 is 2.70 bits per heavy atom. The fraction of sp³-hybridized carbons (Fsp3) is 0.250. The number of fused-ring (bicyclic) bond motifs is 1. The van der Waals surface area contributed by atoms with Crippen LogP contribution in [-0.4, -0.2) is 14.4 Å². The smallest absolute Gasteiger partial charge is 0.235 e. The molecule has 102 valence electrons. The first-order valence-electron chi connectivity index (χ1n) is 6.88. The Morgan fingerprint density at radius 2 is 1.95 bits per heavy atom. The van der Waals surface area contributed by atoms with E-state index in [1.165, 1.54) is 0 Å². The highest BCUT2D eigenvalue weighted by Crippen LogP contribution is 2.23. The Morgan fingerprint density at radius 1 is 1.15 bits per heavy atom. The topological polar surface area (TPSA) is 42.2 Å². The van der Waals surface area contributed by atoms with Crippen molar-refractivity contribution < 1.29 is 0 Å². The molecule has 20 heavy (non-hydrogen) atoms. The van der Waals surface area contributed by atoms with Crippen LogP contribution in [0.25, 0.3) is 5.78 Å². The highest BCUT2D eigenvalue weighted by Gasteiger charge is 2.13. The van der Waals surface area contributed by atoms with Crippen molar-refractivity contribution in [2.24, 2.45) is 5.92 Å². The van der Waals surface area contributed by atoms with Gasteiger partial charge in [-0.2, -0.15) is 0 Å². The van der Waals surface area contributed by atoms with Crippen LogP contribution in [0.4, 0.5) is 11.5 Å². The molecule has 0 spiro atoms. The van der Waals surface area contributed by atoms with E-state index in [1.807, 2.05) is 34.9 Å². The van der Waals surface area contributed by atoms with Crippen molar-refractivity contribution >= 4 is 17.3 Å². The largest absolute Gasteiger partial charge is 0.340 e. The maximum atomic E-state index is 4.64. The number of aromatic nitrogens is 3. The van der Waals surface area contributed by atoms with Gasteiger partial charge in [-0.3, -0.25) is 4.40 Å². The van der Waals surface area contributed by atoms with E-state index < -0.39 is 0 Å². The molecule has 3 rings (SSSR count). The van der Waals surface area contributed by atoms with Crippen LogP contribution in [0, 0.1) is 5.92 Å². The van der Waals surface area contributed by atoms with Crippen molar-refractivity contribution in [3.05, 3.63) is 54.5 Å². The van der Waals surface area contributed by atoms with Gasteiger partial charge < -0.3 is 5.32 Å². The summed E-state index contributed by atoms with van der Waals surface area (Å²) in [5.74, 6) is 2.30. The van der Waals surface area contributed by atoms with Gasteiger partial charge in [0.15, 0.2) is 0 Å². The monoisotopic (exact) mass is 266 g/mol. The summed E-state index contributed by atoms with van der Waals surface area (Å²) in [6.07, 6.45) is 4.69. The number of anilines is 2. The average Bonchev–Trinajstić information content (AvgIpc) is 2.77. The summed E-state index contributed by atoms with van der Waals surface area (Å²) in [7, 11) is 0. The summed E-state index contributed by atoms with van der Waals surface area (Å²) in [5.41, 5.74) is 2.12. The Hall–Kier alpha value is -2.36. The summed E-state index contributed by atoms with van der Waals surface area (Å²) >= 11 is 0. The number of nitrogens with zero attached hydrogens (tertiary/aromatic N) is 3. The van der Waals surface area contributed by atoms with Gasteiger partial charge in [-0.1, -0.05) is 32.0 Å². The van der Waals surface area contributed by atoms with Crippen LogP contribution >= 0.6 is 0 Å². The van der Waals surface area contributed by atoms with Gasteiger partial charge in [0.05, 0.1) is 5.69 Å². The van der Waals surface area contributed by atoms with Crippen LogP contribution in [0.5, 0.6) is 0 Å². The maximum Gasteiger partial charge on any atom is 0.235 e. The van der Waals surface area contributed by atoms with E-state index in [0.29, 0.717) is 5.92 Å². The molecule has 0 aliphatic rings. The molecule has 0 aliphatic heterocycles. The maximum absolute atomic E-state index is 4.64. The third kappa shape index (κ3) is 2.50. The Bertz CT molecular complexity index is 701. The number of rotatable bonds is 4. The van der Waals surface area contributed by atoms with Gasteiger partial charge in [0.25, 0.3) is 0 Å². The van der Waals surface area contributed by atoms with Crippen LogP contribution in [0.15, 0.2) is 48.8 Å². The highest BCUT2D eigenvalue weighted by molar-refractivity contribution is 5.62. The zero-order valence-electron chi connectivity index (χ0n) is 11.7. The standard InChI is InChI=1S/C16H18N4/c1-12(2)11-14-15(18-13-7-4-3-5-8-13)20-10-6-9-17-16(20)19-14/h3-10,12,18H,11H2,1-2H3. The molecule has 0 atom stereocenters. The number of imidazole rings is 1. The third-order valence-electron chi connectivity index (χ3n) is 3.11. The molecule has 0 fully saturated rings. The molecule has 1 aromatic carbocycles. The number of benzene rings is 1. The molecule has 0 saturated heterocycles. The first kappa shape index (κ1) is 12.7. The minimum absolute atomic E-state index is 0.552. The molecular weight excluding hydrogens is 248 g/mol. The summed E-state index contributed by atoms with van der Waals surface area (Å²) in [6, 6.07) is 12.1. The summed E-state index contributed by atoms with van der Waals surface area (Å²) in [4.78, 5) is 8.96. The van der Waals surface area contributed by atoms with Crippen molar-refractivity contribution in [3.63, 3.8) is 0 Å². The molecule has 0 bridgehead atoms. The van der Waals surface area contributed by atoms with Crippen LogP contribution in [0.3, 0.4) is 0 Å². The lowest BCUT2D eigenvalue weighted by Gasteiger charge is -2.09. The third-order valence-corrected chi connectivity index (χ3v) is 3.11. The quantitative estimate of drug-likeness (QED) is 0.783. The van der Waals surface area contributed by atoms with Crippen molar-refractivity contribution in [3.8, 4) is 0 Å². The lowest BCUT2D eigenvalue weighted by molar-refractivity contribution is 0.639. The first-order valence-corrected chi connectivity index (χ1v) is 6.88. The molecule has 3 aromatic rings. The van der Waals surface area contributed by atoms with Gasteiger partial charge in [-0.25, -0.2) is 9.97 Å². The fourth-order valence-electron chi connectivity index (χ4n) is 2.25. The summed E-state index contributed by atoms with van der Waals surface area (Å²) < 4.78 is 2.00. The number of hydrogen-bond donors (Lipinski definition) is 1. The molecule has 0 amide bonds. The minimum atomic E-state index is 0.552. The van der Waals surface area contributed by atoms with Gasteiger partial charge in [-0.15, -0.1) is 0 Å². The molecule has 4 heteroatoms. The predicted octanol–water partition coefficient (Wildman–Crippen LogP) is 3.67. The normalized spacial score (nSPS) is 11.2. The average molecular weight is 266 g/mol. The molecule has 2 heterocycles. The van der Waals surface area contributed by atoms with Gasteiger partial charge in [0.1, 0.15) is 5.82 Å². The molecule has 0 radical (unpaired) electrons. The molecular formula is C16H18N4. The van der Waals surface area contributed by atoms with Crippen molar-refractivity contribution in [1.82, 2.24) is 14.4 Å². The van der Waals surface area contributed by atoms with E-state index in [-0.39, 0.29) is 0 Å². The van der Waals surface area contributed by atoms with Crippen LogP contribution < -0.4 is 5.32 Å². The number of nitrogens with one attached hydrogen (secondary N) is 1. The van der Waals surface area contributed by atoms with E-state index >= 15 is 0 Å². The summed E-state index contributed by atoms with van der Waals surface area (Å²) in [5, 5.41) is 3.46. The minimum Gasteiger partial charge on any atom is -0.340 e. The van der Waals surface area contributed by atoms with Crippen LogP contribution in [0.2, 0.25) is 0 Å². The summed E-state index contributed by atoms with van der Waals surface area (Å²) in [6.45, 7) is 4.40. The first-order chi connectivity index (χ1) is 9.74. The Kier molecular flexibility index (Phi) is 3.37. The van der Waals surface area contributed by atoms with E-state index in [2.05, 4.69) is 41.3 Å². The molecule has 4 nitrogen and oxygen atoms in total. The molecule has 0 saturated carbocycles. The number of para-hydroxylation sites is 1. The van der Waals surface area contributed by atoms with Crippen molar-refractivity contribution in [1.29, 1.82) is 0 Å².